The molecule has 0 saturated heterocycles. The van der Waals surface area contributed by atoms with Gasteiger partial charge in [0.1, 0.15) is 10.9 Å². The summed E-state index contributed by atoms with van der Waals surface area (Å²) in [5.74, 6) is -0.219. The average molecular weight is 311 g/mol. The van der Waals surface area contributed by atoms with Gasteiger partial charge in [0.2, 0.25) is 0 Å². The number of carboxylic acid groups (broad SMARTS) is 1. The molecular formula is C14H15ClN2O2S. The molecule has 20 heavy (non-hydrogen) atoms. The number of aromatic nitrogens is 2. The van der Waals surface area contributed by atoms with Crippen molar-refractivity contribution in [2.45, 2.75) is 31.2 Å². The van der Waals surface area contributed by atoms with Crippen molar-refractivity contribution in [2.75, 3.05) is 5.75 Å². The van der Waals surface area contributed by atoms with Crippen LogP contribution in [0.25, 0.3) is 10.9 Å². The molecule has 0 fully saturated rings. The zero-order valence-electron chi connectivity index (χ0n) is 11.5. The lowest BCUT2D eigenvalue weighted by molar-refractivity contribution is -0.133. The number of fused-ring (bicyclic) bond motifs is 1. The molecule has 6 heteroatoms. The van der Waals surface area contributed by atoms with E-state index in [1.807, 2.05) is 26.8 Å². The van der Waals surface area contributed by atoms with Crippen molar-refractivity contribution in [2.24, 2.45) is 0 Å². The predicted octanol–water partition coefficient (Wildman–Crippen LogP) is 3.76. The molecule has 106 valence electrons. The van der Waals surface area contributed by atoms with Gasteiger partial charge in [-0.1, -0.05) is 44.1 Å². The van der Waals surface area contributed by atoms with E-state index in [1.54, 1.807) is 12.1 Å². The number of rotatable bonds is 3. The first-order valence-electron chi connectivity index (χ1n) is 6.10. The van der Waals surface area contributed by atoms with E-state index in [0.29, 0.717) is 15.9 Å². The van der Waals surface area contributed by atoms with Gasteiger partial charge in [-0.25, -0.2) is 9.97 Å². The van der Waals surface area contributed by atoms with E-state index in [-0.39, 0.29) is 11.2 Å². The molecule has 0 saturated carbocycles. The van der Waals surface area contributed by atoms with Crippen LogP contribution in [0.1, 0.15) is 26.6 Å². The van der Waals surface area contributed by atoms with Crippen LogP contribution >= 0.6 is 23.4 Å². The first-order valence-corrected chi connectivity index (χ1v) is 7.46. The molecule has 1 heterocycles. The van der Waals surface area contributed by atoms with E-state index < -0.39 is 5.97 Å². The second-order valence-electron chi connectivity index (χ2n) is 5.45. The summed E-state index contributed by atoms with van der Waals surface area (Å²) in [7, 11) is 0. The lowest BCUT2D eigenvalue weighted by Crippen LogP contribution is -2.16. The van der Waals surface area contributed by atoms with E-state index in [9.17, 15) is 4.79 Å². The summed E-state index contributed by atoms with van der Waals surface area (Å²) in [6.07, 6.45) is 0. The normalized spacial score (nSPS) is 11.8. The smallest absolute Gasteiger partial charge is 0.313 e. The Morgan fingerprint density at radius 3 is 2.65 bits per heavy atom. The number of hydrogen-bond donors (Lipinski definition) is 1. The Balaban J connectivity index is 2.60. The van der Waals surface area contributed by atoms with Gasteiger partial charge in [-0.05, 0) is 18.2 Å². The fourth-order valence-electron chi connectivity index (χ4n) is 1.65. The molecule has 0 aliphatic rings. The molecule has 0 atom stereocenters. The van der Waals surface area contributed by atoms with E-state index in [0.717, 1.165) is 10.9 Å². The van der Waals surface area contributed by atoms with E-state index in [4.69, 9.17) is 16.7 Å². The van der Waals surface area contributed by atoms with Crippen LogP contribution in [0.2, 0.25) is 5.02 Å². The molecule has 0 amide bonds. The lowest BCUT2D eigenvalue weighted by atomic mass is 9.95. The highest BCUT2D eigenvalue weighted by Crippen LogP contribution is 2.30. The van der Waals surface area contributed by atoms with E-state index in [1.165, 1.54) is 11.8 Å². The molecule has 0 spiro atoms. The van der Waals surface area contributed by atoms with Crippen molar-refractivity contribution in [3.8, 4) is 0 Å². The Hall–Kier alpha value is -1.33. The minimum absolute atomic E-state index is 0.0395. The summed E-state index contributed by atoms with van der Waals surface area (Å²) >= 11 is 7.19. The Kier molecular flexibility index (Phi) is 4.20. The van der Waals surface area contributed by atoms with Crippen LogP contribution in [0.4, 0.5) is 0 Å². The van der Waals surface area contributed by atoms with Crippen molar-refractivity contribution < 1.29 is 9.90 Å². The zero-order chi connectivity index (χ0) is 14.9. The molecule has 1 N–H and O–H groups in total. The van der Waals surface area contributed by atoms with Gasteiger partial charge in [-0.15, -0.1) is 0 Å². The number of benzene rings is 1. The van der Waals surface area contributed by atoms with Crippen molar-refractivity contribution in [1.29, 1.82) is 0 Å². The van der Waals surface area contributed by atoms with Crippen LogP contribution in [0.3, 0.4) is 0 Å². The number of hydrogen-bond acceptors (Lipinski definition) is 4. The number of carbonyl (C=O) groups is 1. The highest BCUT2D eigenvalue weighted by atomic mass is 35.5. The topological polar surface area (TPSA) is 63.1 Å². The molecule has 0 aliphatic heterocycles. The molecule has 1 aromatic carbocycles. The van der Waals surface area contributed by atoms with Gasteiger partial charge in [0.05, 0.1) is 11.3 Å². The minimum atomic E-state index is -0.874. The Morgan fingerprint density at radius 2 is 2.05 bits per heavy atom. The maximum atomic E-state index is 10.8. The first kappa shape index (κ1) is 15.1. The standard InChI is InChI=1S/C14H15ClN2O2S/c1-14(2,3)13-16-10-5-4-8(15)6-9(10)12(17-13)20-7-11(18)19/h4-6H,7H2,1-3H3,(H,18,19). The van der Waals surface area contributed by atoms with Crippen LogP contribution in [0.15, 0.2) is 23.2 Å². The van der Waals surface area contributed by atoms with Gasteiger partial charge < -0.3 is 5.11 Å². The average Bonchev–Trinajstić information content (AvgIpc) is 2.34. The number of nitrogens with zero attached hydrogens (tertiary/aromatic N) is 2. The SMILES string of the molecule is CC(C)(C)c1nc(SCC(=O)O)c2cc(Cl)ccc2n1. The second kappa shape index (κ2) is 5.58. The fourth-order valence-corrected chi connectivity index (χ4v) is 2.55. The Morgan fingerprint density at radius 1 is 1.35 bits per heavy atom. The van der Waals surface area contributed by atoms with Crippen LogP contribution in [-0.2, 0) is 10.2 Å². The maximum Gasteiger partial charge on any atom is 0.313 e. The molecule has 0 bridgehead atoms. The Bertz CT molecular complexity index is 668. The van der Waals surface area contributed by atoms with Crippen molar-refractivity contribution in [1.82, 2.24) is 9.97 Å². The van der Waals surface area contributed by atoms with Crippen molar-refractivity contribution in [3.05, 3.63) is 29.0 Å². The van der Waals surface area contributed by atoms with Gasteiger partial charge in [-0.3, -0.25) is 4.79 Å². The van der Waals surface area contributed by atoms with Gasteiger partial charge >= 0.3 is 5.97 Å². The number of carboxylic acids is 1. The molecular weight excluding hydrogens is 296 g/mol. The number of aliphatic carboxylic acids is 1. The third-order valence-corrected chi connectivity index (χ3v) is 3.84. The van der Waals surface area contributed by atoms with E-state index in [2.05, 4.69) is 9.97 Å². The number of thioether (sulfide) groups is 1. The molecule has 2 aromatic rings. The van der Waals surface area contributed by atoms with Gasteiger partial charge in [0.25, 0.3) is 0 Å². The van der Waals surface area contributed by atoms with Gasteiger partial charge in [-0.2, -0.15) is 0 Å². The van der Waals surface area contributed by atoms with Crippen LogP contribution in [0.5, 0.6) is 0 Å². The zero-order valence-corrected chi connectivity index (χ0v) is 13.0. The highest BCUT2D eigenvalue weighted by Gasteiger charge is 2.20. The monoisotopic (exact) mass is 310 g/mol. The fraction of sp³-hybridized carbons (Fsp3) is 0.357. The van der Waals surface area contributed by atoms with Gasteiger partial charge in [0.15, 0.2) is 0 Å². The van der Waals surface area contributed by atoms with Crippen LogP contribution in [-0.4, -0.2) is 26.8 Å². The molecule has 2 rings (SSSR count). The van der Waals surface area contributed by atoms with Gasteiger partial charge in [0, 0.05) is 15.8 Å². The first-order chi connectivity index (χ1) is 9.27. The summed E-state index contributed by atoms with van der Waals surface area (Å²) in [5, 5.41) is 10.9. The van der Waals surface area contributed by atoms with Crippen molar-refractivity contribution in [3.63, 3.8) is 0 Å². The second-order valence-corrected chi connectivity index (χ2v) is 6.85. The predicted molar refractivity (Wildman–Crippen MR) is 81.6 cm³/mol. The number of halogens is 1. The third-order valence-electron chi connectivity index (χ3n) is 2.63. The lowest BCUT2D eigenvalue weighted by Gasteiger charge is -2.18. The minimum Gasteiger partial charge on any atom is -0.481 e. The summed E-state index contributed by atoms with van der Waals surface area (Å²) < 4.78 is 0. The van der Waals surface area contributed by atoms with Crippen LogP contribution < -0.4 is 0 Å². The molecule has 0 radical (unpaired) electrons. The van der Waals surface area contributed by atoms with Crippen LogP contribution in [0, 0.1) is 0 Å². The molecule has 1 aromatic heterocycles. The quantitative estimate of drug-likeness (QED) is 0.691. The molecule has 0 unspecified atom stereocenters. The van der Waals surface area contributed by atoms with Crippen molar-refractivity contribution >= 4 is 40.2 Å². The largest absolute Gasteiger partial charge is 0.481 e. The molecule has 0 aliphatic carbocycles. The van der Waals surface area contributed by atoms with E-state index >= 15 is 0 Å². The summed E-state index contributed by atoms with van der Waals surface area (Å²) in [6, 6.07) is 5.38. The molecule has 4 nitrogen and oxygen atoms in total. The maximum absolute atomic E-state index is 10.8. The Labute approximate surface area is 126 Å². The summed E-state index contributed by atoms with van der Waals surface area (Å²) in [5.41, 5.74) is 0.578. The summed E-state index contributed by atoms with van der Waals surface area (Å²) in [4.78, 5) is 19.8. The highest BCUT2D eigenvalue weighted by molar-refractivity contribution is 8.00. The third kappa shape index (κ3) is 3.41. The summed E-state index contributed by atoms with van der Waals surface area (Å²) in [6.45, 7) is 6.07.